The lowest BCUT2D eigenvalue weighted by atomic mass is 10.0. The van der Waals surface area contributed by atoms with E-state index >= 15 is 0 Å². The molecule has 9 heteroatoms. The Labute approximate surface area is 288 Å². The number of halogens is 1. The van der Waals surface area contributed by atoms with E-state index in [0.29, 0.717) is 5.69 Å². The third-order valence-corrected chi connectivity index (χ3v) is 10.5. The minimum absolute atomic E-state index is 0.0812. The van der Waals surface area contributed by atoms with Crippen molar-refractivity contribution >= 4 is 43.5 Å². The molecule has 7 nitrogen and oxygen atoms in total. The quantitative estimate of drug-likeness (QED) is 0.145. The fourth-order valence-electron chi connectivity index (χ4n) is 5.22. The SMILES string of the molecule is CC[C@H](C)NC(=O)[C@@H](Cc1ccccc1)N(Cc1cccc(Br)c1)C(=O)CN(c1ccc(C(C)C)cc1)S(=O)(=O)c1ccc(C)cc1. The zero-order valence-electron chi connectivity index (χ0n) is 27.7. The summed E-state index contributed by atoms with van der Waals surface area (Å²) < 4.78 is 30.5. The highest BCUT2D eigenvalue weighted by Gasteiger charge is 2.35. The van der Waals surface area contributed by atoms with Crippen LogP contribution in [0.1, 0.15) is 62.3 Å². The molecule has 0 spiro atoms. The third kappa shape index (κ3) is 9.55. The zero-order valence-corrected chi connectivity index (χ0v) is 30.1. The number of amides is 2. The summed E-state index contributed by atoms with van der Waals surface area (Å²) in [4.78, 5) is 30.2. The first kappa shape index (κ1) is 35.9. The number of hydrogen-bond donors (Lipinski definition) is 1. The number of anilines is 1. The molecule has 0 aliphatic rings. The highest BCUT2D eigenvalue weighted by molar-refractivity contribution is 9.10. The van der Waals surface area contributed by atoms with E-state index in [0.717, 1.165) is 37.5 Å². The van der Waals surface area contributed by atoms with Gasteiger partial charge < -0.3 is 10.2 Å². The van der Waals surface area contributed by atoms with Crippen LogP contribution >= 0.6 is 15.9 Å². The molecular weight excluding hydrogens is 674 g/mol. The van der Waals surface area contributed by atoms with Gasteiger partial charge in [0.05, 0.1) is 10.6 Å². The first-order chi connectivity index (χ1) is 22.4. The summed E-state index contributed by atoms with van der Waals surface area (Å²) >= 11 is 3.52. The van der Waals surface area contributed by atoms with Gasteiger partial charge in [0.15, 0.2) is 0 Å². The lowest BCUT2D eigenvalue weighted by molar-refractivity contribution is -0.140. The van der Waals surface area contributed by atoms with Crippen molar-refractivity contribution in [3.63, 3.8) is 0 Å². The summed E-state index contributed by atoms with van der Waals surface area (Å²) in [6.45, 7) is 9.54. The summed E-state index contributed by atoms with van der Waals surface area (Å²) in [5.74, 6) is -0.536. The lowest BCUT2D eigenvalue weighted by Gasteiger charge is -2.34. The smallest absolute Gasteiger partial charge is 0.264 e. The minimum atomic E-state index is -4.16. The molecule has 0 heterocycles. The van der Waals surface area contributed by atoms with Crippen molar-refractivity contribution < 1.29 is 18.0 Å². The van der Waals surface area contributed by atoms with Gasteiger partial charge in [-0.05, 0) is 79.3 Å². The number of carbonyl (C=O) groups excluding carboxylic acids is 2. The molecule has 0 aromatic heterocycles. The van der Waals surface area contributed by atoms with Crippen molar-refractivity contribution in [3.05, 3.63) is 130 Å². The Morgan fingerprint density at radius 2 is 1.47 bits per heavy atom. The normalized spacial score (nSPS) is 12.7. The number of hydrogen-bond acceptors (Lipinski definition) is 4. The van der Waals surface area contributed by atoms with Gasteiger partial charge in [0.25, 0.3) is 10.0 Å². The van der Waals surface area contributed by atoms with Gasteiger partial charge in [0.1, 0.15) is 12.6 Å². The van der Waals surface area contributed by atoms with E-state index in [2.05, 4.69) is 35.1 Å². The molecule has 248 valence electrons. The summed E-state index contributed by atoms with van der Waals surface area (Å²) in [6.07, 6.45) is 0.981. The number of rotatable bonds is 14. The van der Waals surface area contributed by atoms with E-state index in [9.17, 15) is 18.0 Å². The van der Waals surface area contributed by atoms with Crippen LogP contribution < -0.4 is 9.62 Å². The third-order valence-electron chi connectivity index (χ3n) is 8.25. The van der Waals surface area contributed by atoms with Gasteiger partial charge in [-0.1, -0.05) is 109 Å². The maximum atomic E-state index is 14.6. The first-order valence-corrected chi connectivity index (χ1v) is 18.2. The summed E-state index contributed by atoms with van der Waals surface area (Å²) in [7, 11) is -4.16. The highest BCUT2D eigenvalue weighted by Crippen LogP contribution is 2.27. The Hall–Kier alpha value is -3.95. The highest BCUT2D eigenvalue weighted by atomic mass is 79.9. The van der Waals surface area contributed by atoms with E-state index in [4.69, 9.17) is 0 Å². The second-order valence-corrected chi connectivity index (χ2v) is 15.0. The molecule has 4 aromatic rings. The fraction of sp³-hybridized carbons (Fsp3) is 0.316. The number of carbonyl (C=O) groups is 2. The van der Waals surface area contributed by atoms with E-state index in [1.165, 1.54) is 4.90 Å². The molecule has 0 saturated heterocycles. The predicted molar refractivity (Wildman–Crippen MR) is 193 cm³/mol. The molecule has 0 saturated carbocycles. The molecule has 0 bridgehead atoms. The Bertz CT molecular complexity index is 1740. The zero-order chi connectivity index (χ0) is 34.1. The van der Waals surface area contributed by atoms with Crippen LogP contribution in [0.4, 0.5) is 5.69 Å². The number of aryl methyl sites for hydroxylation is 1. The van der Waals surface area contributed by atoms with Crippen LogP contribution in [0.15, 0.2) is 112 Å². The van der Waals surface area contributed by atoms with Crippen LogP contribution in [0.25, 0.3) is 0 Å². The molecule has 0 fully saturated rings. The number of nitrogens with one attached hydrogen (secondary N) is 1. The lowest BCUT2D eigenvalue weighted by Crippen LogP contribution is -2.54. The second-order valence-electron chi connectivity index (χ2n) is 12.2. The molecular formula is C38H44BrN3O4S. The summed E-state index contributed by atoms with van der Waals surface area (Å²) in [6, 6.07) is 30.0. The standard InChI is InChI=1S/C38H44BrN3O4S/c1-6-29(5)40-38(44)36(24-30-11-8-7-9-12-30)41(25-31-13-10-14-33(39)23-31)37(43)26-42(34-19-17-32(18-20-34)27(2)3)47(45,46)35-21-15-28(4)16-22-35/h7-23,27,29,36H,6,24-26H2,1-5H3,(H,40,44)/t29-,36+/m0/s1. The number of benzene rings is 4. The molecule has 4 rings (SSSR count). The monoisotopic (exact) mass is 717 g/mol. The van der Waals surface area contributed by atoms with Crippen molar-refractivity contribution in [2.75, 3.05) is 10.8 Å². The van der Waals surface area contributed by atoms with Crippen molar-refractivity contribution in [3.8, 4) is 0 Å². The summed E-state index contributed by atoms with van der Waals surface area (Å²) in [5, 5.41) is 3.07. The topological polar surface area (TPSA) is 86.8 Å². The van der Waals surface area contributed by atoms with Crippen LogP contribution in [-0.4, -0.2) is 43.8 Å². The Morgan fingerprint density at radius 1 is 0.830 bits per heavy atom. The number of sulfonamides is 1. The van der Waals surface area contributed by atoms with Crippen LogP contribution in [-0.2, 0) is 32.6 Å². The largest absolute Gasteiger partial charge is 0.352 e. The van der Waals surface area contributed by atoms with E-state index in [1.54, 1.807) is 36.4 Å². The van der Waals surface area contributed by atoms with Gasteiger partial charge in [-0.3, -0.25) is 13.9 Å². The average molecular weight is 719 g/mol. The van der Waals surface area contributed by atoms with Crippen LogP contribution in [0.3, 0.4) is 0 Å². The average Bonchev–Trinajstić information content (AvgIpc) is 3.05. The Kier molecular flexibility index (Phi) is 12.4. The molecule has 1 N–H and O–H groups in total. The maximum absolute atomic E-state index is 14.6. The Balaban J connectivity index is 1.82. The molecule has 0 aliphatic carbocycles. The molecule has 0 unspecified atom stereocenters. The van der Waals surface area contributed by atoms with Gasteiger partial charge in [0.2, 0.25) is 11.8 Å². The molecule has 0 radical (unpaired) electrons. The molecule has 2 atom stereocenters. The number of nitrogens with zero attached hydrogens (tertiary/aromatic N) is 2. The first-order valence-electron chi connectivity index (χ1n) is 16.0. The van der Waals surface area contributed by atoms with Gasteiger partial charge in [-0.2, -0.15) is 0 Å². The van der Waals surface area contributed by atoms with Gasteiger partial charge >= 0.3 is 0 Å². The Morgan fingerprint density at radius 3 is 2.06 bits per heavy atom. The van der Waals surface area contributed by atoms with E-state index in [1.807, 2.05) is 87.5 Å². The molecule has 0 aliphatic heterocycles. The van der Waals surface area contributed by atoms with Crippen LogP contribution in [0, 0.1) is 6.92 Å². The van der Waals surface area contributed by atoms with Crippen LogP contribution in [0.5, 0.6) is 0 Å². The van der Waals surface area contributed by atoms with Crippen molar-refractivity contribution in [2.45, 2.75) is 76.9 Å². The van der Waals surface area contributed by atoms with Crippen molar-refractivity contribution in [1.29, 1.82) is 0 Å². The molecule has 2 amide bonds. The molecule has 47 heavy (non-hydrogen) atoms. The minimum Gasteiger partial charge on any atom is -0.352 e. The van der Waals surface area contributed by atoms with Gasteiger partial charge in [-0.15, -0.1) is 0 Å². The fourth-order valence-corrected chi connectivity index (χ4v) is 7.08. The van der Waals surface area contributed by atoms with Crippen molar-refractivity contribution in [2.24, 2.45) is 0 Å². The maximum Gasteiger partial charge on any atom is 0.264 e. The van der Waals surface area contributed by atoms with Gasteiger partial charge in [-0.25, -0.2) is 8.42 Å². The molecule has 4 aromatic carbocycles. The van der Waals surface area contributed by atoms with Gasteiger partial charge in [0, 0.05) is 23.5 Å². The summed E-state index contributed by atoms with van der Waals surface area (Å²) in [5.41, 5.74) is 4.03. The van der Waals surface area contributed by atoms with E-state index in [-0.39, 0.29) is 35.7 Å². The van der Waals surface area contributed by atoms with E-state index < -0.39 is 28.5 Å². The van der Waals surface area contributed by atoms with Crippen molar-refractivity contribution in [1.82, 2.24) is 10.2 Å². The predicted octanol–water partition coefficient (Wildman–Crippen LogP) is 7.63. The van der Waals surface area contributed by atoms with Crippen LogP contribution in [0.2, 0.25) is 0 Å². The second kappa shape index (κ2) is 16.2.